The van der Waals surface area contributed by atoms with E-state index in [9.17, 15) is 14.4 Å². The van der Waals surface area contributed by atoms with Crippen molar-refractivity contribution in [1.29, 1.82) is 0 Å². The Labute approximate surface area is 185 Å². The summed E-state index contributed by atoms with van der Waals surface area (Å²) in [5.74, 6) is -0.285. The summed E-state index contributed by atoms with van der Waals surface area (Å²) in [6, 6.07) is 14.6. The third kappa shape index (κ3) is 3.43. The highest BCUT2D eigenvalue weighted by molar-refractivity contribution is 6.16. The lowest BCUT2D eigenvalue weighted by molar-refractivity contribution is -0.121. The monoisotopic (exact) mass is 429 g/mol. The smallest absolute Gasteiger partial charge is 0.260 e. The molecule has 2 aliphatic rings. The molecular formula is C24H23N5O3. The molecule has 0 bridgehead atoms. The summed E-state index contributed by atoms with van der Waals surface area (Å²) < 4.78 is 0. The van der Waals surface area contributed by atoms with Crippen LogP contribution in [0.5, 0.6) is 0 Å². The van der Waals surface area contributed by atoms with Gasteiger partial charge in [-0.1, -0.05) is 30.3 Å². The van der Waals surface area contributed by atoms with Gasteiger partial charge in [0.05, 0.1) is 17.6 Å². The summed E-state index contributed by atoms with van der Waals surface area (Å²) in [4.78, 5) is 49.1. The predicted octanol–water partition coefficient (Wildman–Crippen LogP) is 2.66. The second kappa shape index (κ2) is 8.30. The highest BCUT2D eigenvalue weighted by Crippen LogP contribution is 2.45. The van der Waals surface area contributed by atoms with Crippen LogP contribution in [0.25, 0.3) is 0 Å². The number of benzene rings is 2. The highest BCUT2D eigenvalue weighted by Gasteiger charge is 2.47. The van der Waals surface area contributed by atoms with Crippen LogP contribution in [-0.4, -0.2) is 45.7 Å². The second-order valence-corrected chi connectivity index (χ2v) is 7.93. The third-order valence-electron chi connectivity index (χ3n) is 5.96. The van der Waals surface area contributed by atoms with Gasteiger partial charge in [0.25, 0.3) is 11.8 Å². The fourth-order valence-electron chi connectivity index (χ4n) is 4.46. The molecule has 0 aliphatic carbocycles. The van der Waals surface area contributed by atoms with Crippen LogP contribution in [0.15, 0.2) is 61.1 Å². The van der Waals surface area contributed by atoms with Crippen molar-refractivity contribution in [3.05, 3.63) is 83.4 Å². The Morgan fingerprint density at radius 2 is 1.81 bits per heavy atom. The molecule has 1 atom stereocenters. The van der Waals surface area contributed by atoms with E-state index in [-0.39, 0.29) is 17.7 Å². The molecule has 2 N–H and O–H groups in total. The van der Waals surface area contributed by atoms with Crippen LogP contribution in [0.1, 0.15) is 51.0 Å². The normalized spacial score (nSPS) is 16.6. The van der Waals surface area contributed by atoms with E-state index in [1.54, 1.807) is 40.5 Å². The number of anilines is 1. The van der Waals surface area contributed by atoms with Gasteiger partial charge in [-0.3, -0.25) is 19.3 Å². The number of rotatable bonds is 7. The molecule has 0 saturated carbocycles. The van der Waals surface area contributed by atoms with Crippen molar-refractivity contribution in [2.24, 2.45) is 0 Å². The first-order valence-corrected chi connectivity index (χ1v) is 10.7. The van der Waals surface area contributed by atoms with Crippen molar-refractivity contribution in [3.63, 3.8) is 0 Å². The van der Waals surface area contributed by atoms with Gasteiger partial charge < -0.3 is 15.2 Å². The van der Waals surface area contributed by atoms with Gasteiger partial charge in [-0.2, -0.15) is 0 Å². The van der Waals surface area contributed by atoms with Crippen molar-refractivity contribution < 1.29 is 14.4 Å². The van der Waals surface area contributed by atoms with E-state index in [2.05, 4.69) is 15.3 Å². The Balaban J connectivity index is 1.29. The third-order valence-corrected chi connectivity index (χ3v) is 5.96. The zero-order valence-corrected chi connectivity index (χ0v) is 17.5. The van der Waals surface area contributed by atoms with E-state index in [0.717, 1.165) is 11.3 Å². The first-order chi connectivity index (χ1) is 15.6. The van der Waals surface area contributed by atoms with Gasteiger partial charge in [0.15, 0.2) is 0 Å². The summed E-state index contributed by atoms with van der Waals surface area (Å²) >= 11 is 0. The van der Waals surface area contributed by atoms with Crippen LogP contribution in [0.4, 0.5) is 5.69 Å². The quantitative estimate of drug-likeness (QED) is 0.603. The average molecular weight is 429 g/mol. The number of carbonyl (C=O) groups excluding carboxylic acids is 3. The van der Waals surface area contributed by atoms with Crippen molar-refractivity contribution in [2.45, 2.75) is 25.4 Å². The molecule has 0 radical (unpaired) electrons. The number of H-pyrrole nitrogens is 1. The van der Waals surface area contributed by atoms with Crippen LogP contribution in [0.2, 0.25) is 0 Å². The standard InChI is InChI=1S/C24H23N5O3/c30-21(26-12-11-16-14-25-15-27-16)10-5-13-28-22-17-6-1-2-7-18(17)24(32)29(22)20-9-4-3-8-19(20)23(28)31/h1-4,6-9,14-15,22H,5,10-13H2,(H,25,27)(H,26,30)/t22-/m1/s1. The number of nitrogens with zero attached hydrogens (tertiary/aromatic N) is 3. The van der Waals surface area contributed by atoms with Crippen LogP contribution >= 0.6 is 0 Å². The first-order valence-electron chi connectivity index (χ1n) is 10.7. The molecule has 3 aromatic rings. The molecule has 2 aromatic carbocycles. The van der Waals surface area contributed by atoms with Crippen molar-refractivity contribution in [1.82, 2.24) is 20.2 Å². The van der Waals surface area contributed by atoms with Gasteiger partial charge in [-0.05, 0) is 24.6 Å². The maximum atomic E-state index is 13.3. The largest absolute Gasteiger partial charge is 0.356 e. The molecule has 2 aliphatic heterocycles. The molecule has 162 valence electrons. The summed E-state index contributed by atoms with van der Waals surface area (Å²) in [5.41, 5.74) is 3.55. The van der Waals surface area contributed by atoms with Crippen LogP contribution < -0.4 is 10.2 Å². The van der Waals surface area contributed by atoms with E-state index in [4.69, 9.17) is 0 Å². The number of aromatic nitrogens is 2. The molecule has 0 saturated heterocycles. The molecule has 0 unspecified atom stereocenters. The molecule has 8 heteroatoms. The van der Waals surface area contributed by atoms with Crippen molar-refractivity contribution in [3.8, 4) is 0 Å². The number of hydrogen-bond donors (Lipinski definition) is 2. The van der Waals surface area contributed by atoms with E-state index >= 15 is 0 Å². The molecule has 8 nitrogen and oxygen atoms in total. The molecular weight excluding hydrogens is 406 g/mol. The minimum absolute atomic E-state index is 0.0610. The number of carbonyl (C=O) groups is 3. The van der Waals surface area contributed by atoms with E-state index < -0.39 is 6.17 Å². The number of aromatic amines is 1. The number of amides is 3. The zero-order chi connectivity index (χ0) is 22.1. The predicted molar refractivity (Wildman–Crippen MR) is 118 cm³/mol. The fraction of sp³-hybridized carbons (Fsp3) is 0.250. The van der Waals surface area contributed by atoms with Crippen LogP contribution in [0.3, 0.4) is 0 Å². The number of nitrogens with one attached hydrogen (secondary N) is 2. The zero-order valence-electron chi connectivity index (χ0n) is 17.5. The lowest BCUT2D eigenvalue weighted by Crippen LogP contribution is -2.48. The molecule has 3 amide bonds. The Bertz CT molecular complexity index is 1170. The Morgan fingerprint density at radius 1 is 1.03 bits per heavy atom. The molecule has 5 rings (SSSR count). The first kappa shape index (κ1) is 20.0. The lowest BCUT2D eigenvalue weighted by atomic mass is 10.0. The minimum atomic E-state index is -0.482. The van der Waals surface area contributed by atoms with Crippen molar-refractivity contribution >= 4 is 23.4 Å². The van der Waals surface area contributed by atoms with E-state index in [1.165, 1.54) is 0 Å². The van der Waals surface area contributed by atoms with Gasteiger partial charge in [0.1, 0.15) is 6.17 Å². The Hall–Kier alpha value is -3.94. The fourth-order valence-corrected chi connectivity index (χ4v) is 4.46. The Morgan fingerprint density at radius 3 is 2.62 bits per heavy atom. The minimum Gasteiger partial charge on any atom is -0.356 e. The molecule has 32 heavy (non-hydrogen) atoms. The molecule has 1 aromatic heterocycles. The topological polar surface area (TPSA) is 98.4 Å². The lowest BCUT2D eigenvalue weighted by Gasteiger charge is -2.41. The Kier molecular flexibility index (Phi) is 5.18. The van der Waals surface area contributed by atoms with Crippen LogP contribution in [0, 0.1) is 0 Å². The van der Waals surface area contributed by atoms with Gasteiger partial charge >= 0.3 is 0 Å². The summed E-state index contributed by atoms with van der Waals surface area (Å²) in [6.07, 6.45) is 4.35. The average Bonchev–Trinajstić information content (AvgIpc) is 3.43. The van der Waals surface area contributed by atoms with Gasteiger partial charge in [0.2, 0.25) is 5.91 Å². The maximum Gasteiger partial charge on any atom is 0.260 e. The number of hydrogen-bond acceptors (Lipinski definition) is 4. The molecule has 3 heterocycles. The van der Waals surface area contributed by atoms with Crippen molar-refractivity contribution in [2.75, 3.05) is 18.0 Å². The highest BCUT2D eigenvalue weighted by atomic mass is 16.2. The van der Waals surface area contributed by atoms with Crippen LogP contribution in [-0.2, 0) is 11.2 Å². The summed E-state index contributed by atoms with van der Waals surface area (Å²) in [5, 5.41) is 2.90. The number of fused-ring (bicyclic) bond motifs is 5. The van der Waals surface area contributed by atoms with E-state index in [0.29, 0.717) is 49.2 Å². The maximum absolute atomic E-state index is 13.3. The number of imidazole rings is 1. The summed E-state index contributed by atoms with van der Waals surface area (Å²) in [6.45, 7) is 0.902. The van der Waals surface area contributed by atoms with Gasteiger partial charge in [-0.15, -0.1) is 0 Å². The second-order valence-electron chi connectivity index (χ2n) is 7.93. The summed E-state index contributed by atoms with van der Waals surface area (Å²) in [7, 11) is 0. The number of para-hydroxylation sites is 1. The molecule has 0 spiro atoms. The molecule has 0 fully saturated rings. The van der Waals surface area contributed by atoms with Gasteiger partial charge in [0, 0.05) is 48.9 Å². The SMILES string of the molecule is O=C(CCCN1C(=O)c2ccccc2N2C(=O)c3ccccc3[C@H]12)NCCc1cnc[nH]1. The van der Waals surface area contributed by atoms with E-state index in [1.807, 2.05) is 30.3 Å². The van der Waals surface area contributed by atoms with Gasteiger partial charge in [-0.25, -0.2) is 4.98 Å².